The van der Waals surface area contributed by atoms with E-state index in [0.717, 1.165) is 35.3 Å². The molecule has 0 aliphatic rings. The maximum absolute atomic E-state index is 11.1. The van der Waals surface area contributed by atoms with E-state index in [4.69, 9.17) is 0 Å². The molecule has 0 atom stereocenters. The number of thioether (sulfide) groups is 1. The molecule has 100 valence electrons. The number of nitrogens with zero attached hydrogens (tertiary/aromatic N) is 2. The normalized spacial score (nSPS) is 11.7. The van der Waals surface area contributed by atoms with Crippen molar-refractivity contribution in [3.63, 3.8) is 0 Å². The predicted octanol–water partition coefficient (Wildman–Crippen LogP) is 1.70. The summed E-state index contributed by atoms with van der Waals surface area (Å²) in [7, 11) is 0. The highest BCUT2D eigenvalue weighted by Crippen LogP contribution is 2.26. The van der Waals surface area contributed by atoms with E-state index in [2.05, 4.69) is 15.2 Å². The van der Waals surface area contributed by atoms with Crippen molar-refractivity contribution in [1.29, 1.82) is 0 Å². The maximum atomic E-state index is 11.1. The Morgan fingerprint density at radius 2 is 2.47 bits per heavy atom. The molecule has 2 heterocycles. The van der Waals surface area contributed by atoms with Crippen LogP contribution in [0.5, 0.6) is 0 Å². The summed E-state index contributed by atoms with van der Waals surface area (Å²) in [4.78, 5) is 16.3. The lowest BCUT2D eigenvalue weighted by atomic mass is 10.3. The van der Waals surface area contributed by atoms with Crippen LogP contribution in [0, 0.1) is 0 Å². The molecule has 0 spiro atoms. The number of thiophene rings is 1. The summed E-state index contributed by atoms with van der Waals surface area (Å²) in [5.41, 5.74) is 0. The molecule has 0 saturated heterocycles. The SMILES string of the molecule is CCCc1nc(S/C(=C/c2cccs2)C(=O)[O-])n[nH]1. The van der Waals surface area contributed by atoms with Gasteiger partial charge in [0.1, 0.15) is 5.82 Å². The Kier molecular flexibility index (Phi) is 4.75. The Labute approximate surface area is 118 Å². The molecule has 0 aliphatic carbocycles. The van der Waals surface area contributed by atoms with Gasteiger partial charge in [0.2, 0.25) is 5.16 Å². The lowest BCUT2D eigenvalue weighted by Gasteiger charge is -2.04. The van der Waals surface area contributed by atoms with Crippen LogP contribution in [0.2, 0.25) is 0 Å². The highest BCUT2D eigenvalue weighted by atomic mass is 32.2. The predicted molar refractivity (Wildman–Crippen MR) is 73.5 cm³/mol. The molecule has 0 fully saturated rings. The molecular formula is C12H12N3O2S2-. The van der Waals surface area contributed by atoms with Gasteiger partial charge in [0.25, 0.3) is 0 Å². The number of nitrogens with one attached hydrogen (secondary N) is 1. The van der Waals surface area contributed by atoms with Crippen LogP contribution in [-0.2, 0) is 11.2 Å². The first-order valence-electron chi connectivity index (χ1n) is 5.74. The van der Waals surface area contributed by atoms with Gasteiger partial charge < -0.3 is 9.90 Å². The van der Waals surface area contributed by atoms with E-state index in [-0.39, 0.29) is 4.91 Å². The van der Waals surface area contributed by atoms with Gasteiger partial charge >= 0.3 is 0 Å². The molecule has 2 aromatic rings. The van der Waals surface area contributed by atoms with Gasteiger partial charge in [-0.05, 0) is 35.7 Å². The van der Waals surface area contributed by atoms with Gasteiger partial charge in [-0.1, -0.05) is 13.0 Å². The van der Waals surface area contributed by atoms with Gasteiger partial charge in [-0.3, -0.25) is 5.10 Å². The number of hydrogen-bond donors (Lipinski definition) is 1. The number of carboxylic acid groups (broad SMARTS) is 1. The number of H-pyrrole nitrogens is 1. The lowest BCUT2D eigenvalue weighted by Crippen LogP contribution is -2.23. The van der Waals surface area contributed by atoms with Crippen molar-refractivity contribution in [1.82, 2.24) is 15.2 Å². The fraction of sp³-hybridized carbons (Fsp3) is 0.250. The minimum Gasteiger partial charge on any atom is -0.544 e. The van der Waals surface area contributed by atoms with E-state index >= 15 is 0 Å². The summed E-state index contributed by atoms with van der Waals surface area (Å²) in [5, 5.41) is 20.2. The fourth-order valence-corrected chi connectivity index (χ4v) is 2.85. The summed E-state index contributed by atoms with van der Waals surface area (Å²) < 4.78 is 0. The first-order chi connectivity index (χ1) is 9.19. The quantitative estimate of drug-likeness (QED) is 0.648. The number of carboxylic acids is 1. The first kappa shape index (κ1) is 13.8. The third-order valence-electron chi connectivity index (χ3n) is 2.22. The largest absolute Gasteiger partial charge is 0.544 e. The summed E-state index contributed by atoms with van der Waals surface area (Å²) in [6.07, 6.45) is 3.32. The number of carbonyl (C=O) groups excluding carboxylic acids is 1. The zero-order valence-corrected chi connectivity index (χ0v) is 11.9. The van der Waals surface area contributed by atoms with Crippen molar-refractivity contribution in [3.8, 4) is 0 Å². The monoisotopic (exact) mass is 294 g/mol. The average molecular weight is 294 g/mol. The van der Waals surface area contributed by atoms with Crippen molar-refractivity contribution in [2.45, 2.75) is 24.9 Å². The smallest absolute Gasteiger partial charge is 0.213 e. The van der Waals surface area contributed by atoms with Crippen molar-refractivity contribution >= 4 is 35.1 Å². The summed E-state index contributed by atoms with van der Waals surface area (Å²) in [6, 6.07) is 3.70. The first-order valence-corrected chi connectivity index (χ1v) is 7.44. The second kappa shape index (κ2) is 6.53. The van der Waals surface area contributed by atoms with Crippen LogP contribution in [0.15, 0.2) is 27.6 Å². The molecule has 1 N–H and O–H groups in total. The minimum absolute atomic E-state index is 0.101. The second-order valence-electron chi connectivity index (χ2n) is 3.73. The number of aryl methyl sites for hydroxylation is 1. The van der Waals surface area contributed by atoms with Gasteiger partial charge in [-0.25, -0.2) is 4.98 Å². The minimum atomic E-state index is -1.22. The number of aromatic amines is 1. The Morgan fingerprint density at radius 1 is 1.63 bits per heavy atom. The summed E-state index contributed by atoms with van der Waals surface area (Å²) >= 11 is 2.46. The number of rotatable bonds is 6. The van der Waals surface area contributed by atoms with Crippen molar-refractivity contribution in [3.05, 3.63) is 33.1 Å². The highest BCUT2D eigenvalue weighted by Gasteiger charge is 2.08. The van der Waals surface area contributed by atoms with E-state index in [1.807, 2.05) is 24.4 Å². The zero-order chi connectivity index (χ0) is 13.7. The second-order valence-corrected chi connectivity index (χ2v) is 5.72. The van der Waals surface area contributed by atoms with Gasteiger partial charge in [-0.2, -0.15) is 0 Å². The van der Waals surface area contributed by atoms with Gasteiger partial charge in [0.15, 0.2) is 0 Å². The van der Waals surface area contributed by atoms with E-state index < -0.39 is 5.97 Å². The Bertz CT molecular complexity index is 576. The number of carbonyl (C=O) groups is 1. The van der Waals surface area contributed by atoms with Crippen LogP contribution in [0.3, 0.4) is 0 Å². The molecule has 0 radical (unpaired) electrons. The zero-order valence-electron chi connectivity index (χ0n) is 10.3. The van der Waals surface area contributed by atoms with Crippen molar-refractivity contribution < 1.29 is 9.90 Å². The van der Waals surface area contributed by atoms with Gasteiger partial charge in [-0.15, -0.1) is 16.4 Å². The molecule has 0 bridgehead atoms. The molecule has 19 heavy (non-hydrogen) atoms. The molecule has 0 aromatic carbocycles. The summed E-state index contributed by atoms with van der Waals surface area (Å²) in [6.45, 7) is 2.04. The number of hydrogen-bond acceptors (Lipinski definition) is 6. The average Bonchev–Trinajstić information content (AvgIpc) is 3.01. The Morgan fingerprint density at radius 3 is 3.11 bits per heavy atom. The number of aromatic nitrogens is 3. The van der Waals surface area contributed by atoms with Crippen LogP contribution < -0.4 is 5.11 Å². The topological polar surface area (TPSA) is 81.7 Å². The summed E-state index contributed by atoms with van der Waals surface area (Å²) in [5.74, 6) is -0.459. The molecule has 2 aromatic heterocycles. The van der Waals surface area contributed by atoms with E-state index in [1.165, 1.54) is 11.3 Å². The Hall–Kier alpha value is -1.60. The van der Waals surface area contributed by atoms with Crippen molar-refractivity contribution in [2.75, 3.05) is 0 Å². The van der Waals surface area contributed by atoms with Gasteiger partial charge in [0, 0.05) is 16.2 Å². The van der Waals surface area contributed by atoms with Crippen molar-refractivity contribution in [2.24, 2.45) is 0 Å². The van der Waals surface area contributed by atoms with Crippen LogP contribution in [0.25, 0.3) is 6.08 Å². The third-order valence-corrected chi connectivity index (χ3v) is 3.91. The van der Waals surface area contributed by atoms with Crippen LogP contribution in [0.4, 0.5) is 0 Å². The standard InChI is InChI=1S/C12H13N3O2S2/c1-2-4-10-13-12(15-14-10)19-9(11(16)17)7-8-5-3-6-18-8/h3,5-7H,2,4H2,1H3,(H,16,17)(H,13,14,15)/p-1/b9-7+. The van der Waals surface area contributed by atoms with E-state index in [1.54, 1.807) is 6.08 Å². The maximum Gasteiger partial charge on any atom is 0.213 e. The molecule has 2 rings (SSSR count). The van der Waals surface area contributed by atoms with E-state index in [9.17, 15) is 9.90 Å². The molecule has 0 unspecified atom stereocenters. The molecule has 0 amide bonds. The molecule has 7 heteroatoms. The van der Waals surface area contributed by atoms with Crippen LogP contribution >= 0.6 is 23.1 Å². The highest BCUT2D eigenvalue weighted by molar-refractivity contribution is 8.04. The van der Waals surface area contributed by atoms with Crippen LogP contribution in [-0.4, -0.2) is 21.2 Å². The lowest BCUT2D eigenvalue weighted by molar-refractivity contribution is -0.297. The molecule has 0 aliphatic heterocycles. The Balaban J connectivity index is 2.14. The number of aliphatic carboxylic acids is 1. The van der Waals surface area contributed by atoms with Crippen LogP contribution in [0.1, 0.15) is 24.0 Å². The molecule has 0 saturated carbocycles. The third kappa shape index (κ3) is 3.93. The molecular weight excluding hydrogens is 282 g/mol. The fourth-order valence-electron chi connectivity index (χ4n) is 1.40. The van der Waals surface area contributed by atoms with Gasteiger partial charge in [0.05, 0.1) is 5.97 Å². The van der Waals surface area contributed by atoms with E-state index in [0.29, 0.717) is 5.16 Å². The molecule has 5 nitrogen and oxygen atoms in total.